The van der Waals surface area contributed by atoms with Gasteiger partial charge in [0.25, 0.3) is 0 Å². The molecule has 1 aliphatic rings. The van der Waals surface area contributed by atoms with E-state index in [9.17, 15) is 14.4 Å². The first-order chi connectivity index (χ1) is 7.05. The highest BCUT2D eigenvalue weighted by Gasteiger charge is 2.40. The second kappa shape index (κ2) is 4.76. The van der Waals surface area contributed by atoms with Gasteiger partial charge in [-0.05, 0) is 12.8 Å². The summed E-state index contributed by atoms with van der Waals surface area (Å²) in [7, 11) is 0. The molecule has 2 N–H and O–H groups in total. The predicted octanol–water partition coefficient (Wildman–Crippen LogP) is -0.390. The number of imide groups is 1. The number of thiol groups is 1. The first-order valence-electron chi connectivity index (χ1n) is 4.70. The van der Waals surface area contributed by atoms with E-state index >= 15 is 0 Å². The minimum Gasteiger partial charge on any atom is -0.301 e. The van der Waals surface area contributed by atoms with Gasteiger partial charge in [0.05, 0.1) is 0 Å². The Morgan fingerprint density at radius 1 is 1.33 bits per heavy atom. The Balaban J connectivity index is 3.01. The summed E-state index contributed by atoms with van der Waals surface area (Å²) in [6, 6.07) is 0. The van der Waals surface area contributed by atoms with E-state index in [4.69, 9.17) is 5.73 Å². The van der Waals surface area contributed by atoms with Crippen LogP contribution in [0, 0.1) is 0 Å². The van der Waals surface area contributed by atoms with E-state index in [0.717, 1.165) is 4.90 Å². The predicted molar refractivity (Wildman–Crippen MR) is 56.8 cm³/mol. The molecule has 1 aliphatic heterocycles. The average molecular weight is 229 g/mol. The maximum absolute atomic E-state index is 11.6. The van der Waals surface area contributed by atoms with Crippen molar-refractivity contribution in [2.24, 2.45) is 5.73 Å². The number of amides is 2. The van der Waals surface area contributed by atoms with E-state index in [2.05, 4.69) is 12.6 Å². The van der Waals surface area contributed by atoms with E-state index in [1.165, 1.54) is 6.29 Å². The second-order valence-electron chi connectivity index (χ2n) is 3.51. The lowest BCUT2D eigenvalue weighted by atomic mass is 10.2. The lowest BCUT2D eigenvalue weighted by molar-refractivity contribution is -0.147. The molecule has 1 fully saturated rings. The molecule has 2 amide bonds. The molecule has 1 heterocycles. The monoisotopic (exact) mass is 229 g/mol. The van der Waals surface area contributed by atoms with Crippen molar-refractivity contribution in [1.29, 1.82) is 0 Å². The van der Waals surface area contributed by atoms with Gasteiger partial charge in [-0.3, -0.25) is 19.3 Å². The van der Waals surface area contributed by atoms with Crippen LogP contribution in [-0.2, 0) is 14.4 Å². The van der Waals surface area contributed by atoms with Crippen LogP contribution < -0.4 is 5.73 Å². The summed E-state index contributed by atoms with van der Waals surface area (Å²) < 4.78 is 0. The van der Waals surface area contributed by atoms with Gasteiger partial charge in [-0.25, -0.2) is 0 Å². The molecule has 0 aromatic carbocycles. The van der Waals surface area contributed by atoms with Gasteiger partial charge in [0.1, 0.15) is 0 Å². The second-order valence-corrected chi connectivity index (χ2v) is 3.83. The zero-order valence-electron chi connectivity index (χ0n) is 8.23. The minimum atomic E-state index is -1.72. The molecule has 6 heteroatoms. The number of carbonyl (C=O) groups excluding carboxylic acids is 3. The number of hydrogen-bond acceptors (Lipinski definition) is 5. The maximum Gasteiger partial charge on any atom is 0.243 e. The molecule has 0 aliphatic carbocycles. The zero-order valence-corrected chi connectivity index (χ0v) is 9.13. The minimum absolute atomic E-state index is 0.117. The number of nitrogens with two attached hydrogens (primary N) is 1. The molecule has 0 aromatic rings. The largest absolute Gasteiger partial charge is 0.301 e. The van der Waals surface area contributed by atoms with E-state index in [1.807, 2.05) is 0 Å². The Kier molecular flexibility index (Phi) is 3.87. The highest BCUT2D eigenvalue weighted by atomic mass is 32.1. The van der Waals surface area contributed by atoms with E-state index in [1.54, 1.807) is 0 Å². The molecule has 15 heavy (non-hydrogen) atoms. The normalized spacial score (nSPS) is 22.1. The SMILES string of the molecule is N[C@@]([C]=O)(CS)N1C(=O)CCCCC1=O. The van der Waals surface area contributed by atoms with Gasteiger partial charge < -0.3 is 5.73 Å². The van der Waals surface area contributed by atoms with Crippen LogP contribution in [0.4, 0.5) is 0 Å². The molecule has 5 nitrogen and oxygen atoms in total. The van der Waals surface area contributed by atoms with Crippen LogP contribution in [-0.4, -0.2) is 34.4 Å². The molecule has 1 atom stereocenters. The van der Waals surface area contributed by atoms with E-state index in [0.29, 0.717) is 12.8 Å². The molecule has 0 unspecified atom stereocenters. The number of rotatable bonds is 3. The molecule has 1 radical (unpaired) electrons. The quantitative estimate of drug-likeness (QED) is 0.510. The van der Waals surface area contributed by atoms with Crippen molar-refractivity contribution in [3.05, 3.63) is 0 Å². The van der Waals surface area contributed by atoms with Crippen LogP contribution >= 0.6 is 12.6 Å². The van der Waals surface area contributed by atoms with Crippen LogP contribution in [0.15, 0.2) is 0 Å². The maximum atomic E-state index is 11.6. The van der Waals surface area contributed by atoms with Gasteiger partial charge in [-0.15, -0.1) is 0 Å². The summed E-state index contributed by atoms with van der Waals surface area (Å²) in [6.45, 7) is 0. The van der Waals surface area contributed by atoms with Crippen molar-refractivity contribution in [2.75, 3.05) is 5.75 Å². The standard InChI is InChI=1S/C9H13N2O3S/c10-9(5-12,6-15)11-7(13)3-1-2-4-8(11)14/h15H,1-4,6,10H2/t9-/m1/s1. The summed E-state index contributed by atoms with van der Waals surface area (Å²) in [5.74, 6) is -0.955. The highest BCUT2D eigenvalue weighted by Crippen LogP contribution is 2.19. The lowest BCUT2D eigenvalue weighted by Crippen LogP contribution is -2.62. The first-order valence-corrected chi connectivity index (χ1v) is 5.33. The van der Waals surface area contributed by atoms with Crippen LogP contribution in [0.1, 0.15) is 25.7 Å². The Bertz CT molecular complexity index is 277. The van der Waals surface area contributed by atoms with Crippen molar-refractivity contribution in [3.63, 3.8) is 0 Å². The van der Waals surface area contributed by atoms with Gasteiger partial charge in [0.2, 0.25) is 18.1 Å². The molecule has 1 rings (SSSR count). The van der Waals surface area contributed by atoms with Crippen LogP contribution in [0.5, 0.6) is 0 Å². The zero-order chi connectivity index (χ0) is 11.5. The summed E-state index contributed by atoms with van der Waals surface area (Å²) in [6.07, 6.45) is 3.28. The molecular weight excluding hydrogens is 216 g/mol. The topological polar surface area (TPSA) is 80.5 Å². The van der Waals surface area contributed by atoms with Gasteiger partial charge >= 0.3 is 0 Å². The first kappa shape index (κ1) is 12.2. The third-order valence-corrected chi connectivity index (χ3v) is 2.83. The van der Waals surface area contributed by atoms with Crippen LogP contribution in [0.3, 0.4) is 0 Å². The number of nitrogens with zero attached hydrogens (tertiary/aromatic N) is 1. The van der Waals surface area contributed by atoms with E-state index in [-0.39, 0.29) is 18.6 Å². The molecule has 1 saturated heterocycles. The van der Waals surface area contributed by atoms with Crippen molar-refractivity contribution in [3.8, 4) is 0 Å². The summed E-state index contributed by atoms with van der Waals surface area (Å²) in [5.41, 5.74) is 3.89. The van der Waals surface area contributed by atoms with Gasteiger partial charge in [0, 0.05) is 18.6 Å². The molecule has 0 bridgehead atoms. The fraction of sp³-hybridized carbons (Fsp3) is 0.667. The highest BCUT2D eigenvalue weighted by molar-refractivity contribution is 7.80. The Labute approximate surface area is 93.4 Å². The molecule has 0 aromatic heterocycles. The van der Waals surface area contributed by atoms with Gasteiger partial charge in [-0.1, -0.05) is 0 Å². The summed E-state index contributed by atoms with van der Waals surface area (Å²) in [5, 5.41) is 0. The fourth-order valence-corrected chi connectivity index (χ4v) is 1.71. The van der Waals surface area contributed by atoms with Gasteiger partial charge in [0.15, 0.2) is 5.66 Å². The molecule has 0 saturated carbocycles. The van der Waals surface area contributed by atoms with Crippen molar-refractivity contribution in [2.45, 2.75) is 31.3 Å². The van der Waals surface area contributed by atoms with Crippen LogP contribution in [0.2, 0.25) is 0 Å². The van der Waals surface area contributed by atoms with Crippen LogP contribution in [0.25, 0.3) is 0 Å². The number of carbonyl (C=O) groups is 2. The average Bonchev–Trinajstić information content (AvgIpc) is 2.39. The smallest absolute Gasteiger partial charge is 0.243 e. The molecule has 83 valence electrons. The molecular formula is C9H13N2O3S. The summed E-state index contributed by atoms with van der Waals surface area (Å²) in [4.78, 5) is 34.7. The Hall–Kier alpha value is -0.880. The summed E-state index contributed by atoms with van der Waals surface area (Å²) >= 11 is 3.87. The Morgan fingerprint density at radius 2 is 1.80 bits per heavy atom. The third kappa shape index (κ3) is 2.38. The fourth-order valence-electron chi connectivity index (χ4n) is 1.51. The van der Waals surface area contributed by atoms with Crippen molar-refractivity contribution >= 4 is 30.7 Å². The van der Waals surface area contributed by atoms with E-state index < -0.39 is 17.5 Å². The number of hydrogen-bond donors (Lipinski definition) is 2. The Morgan fingerprint density at radius 3 is 2.13 bits per heavy atom. The van der Waals surface area contributed by atoms with Crippen molar-refractivity contribution in [1.82, 2.24) is 4.90 Å². The third-order valence-electron chi connectivity index (χ3n) is 2.35. The molecule has 0 spiro atoms. The lowest BCUT2D eigenvalue weighted by Gasteiger charge is -2.32. The number of likely N-dealkylation sites (tertiary alicyclic amines) is 1. The van der Waals surface area contributed by atoms with Gasteiger partial charge in [-0.2, -0.15) is 12.6 Å². The van der Waals surface area contributed by atoms with Crippen molar-refractivity contribution < 1.29 is 14.4 Å².